The summed E-state index contributed by atoms with van der Waals surface area (Å²) >= 11 is 0. The van der Waals surface area contributed by atoms with Crippen LogP contribution in [0.2, 0.25) is 0 Å². The first kappa shape index (κ1) is 16.4. The largest absolute Gasteiger partial charge is 0.420 e. The summed E-state index contributed by atoms with van der Waals surface area (Å²) in [5.74, 6) is -13.6. The van der Waals surface area contributed by atoms with E-state index >= 15 is 0 Å². The van der Waals surface area contributed by atoms with E-state index in [1.54, 1.807) is 0 Å². The first-order valence-corrected chi connectivity index (χ1v) is 5.76. The number of halogens is 5. The van der Waals surface area contributed by atoms with E-state index in [2.05, 4.69) is 4.74 Å². The number of ether oxygens (including phenoxy) is 1. The van der Waals surface area contributed by atoms with Crippen LogP contribution in [0.15, 0.2) is 0 Å². The Morgan fingerprint density at radius 1 is 0.900 bits per heavy atom. The Kier molecular flexibility index (Phi) is 4.73. The van der Waals surface area contributed by atoms with Crippen LogP contribution in [0, 0.1) is 34.5 Å². The van der Waals surface area contributed by atoms with E-state index in [0.29, 0.717) is 6.42 Å². The molecule has 0 saturated heterocycles. The molecule has 0 saturated carbocycles. The summed E-state index contributed by atoms with van der Waals surface area (Å²) in [6.45, 7) is 5.45. The molecule has 0 bridgehead atoms. The molecule has 0 amide bonds. The molecule has 0 N–H and O–H groups in total. The molecule has 0 unspecified atom stereocenters. The van der Waals surface area contributed by atoms with Crippen LogP contribution in [-0.2, 0) is 4.79 Å². The standard InChI is InChI=1S/C13H13F5O2/c1-13(2,3)5-4-6(19)20-12-10(17)8(15)7(14)9(16)11(12)18/h4-5H2,1-3H3. The monoisotopic (exact) mass is 296 g/mol. The van der Waals surface area contributed by atoms with Gasteiger partial charge in [-0.2, -0.15) is 8.78 Å². The molecule has 0 heterocycles. The summed E-state index contributed by atoms with van der Waals surface area (Å²) < 4.78 is 69.3. The fourth-order valence-electron chi connectivity index (χ4n) is 1.32. The first-order valence-electron chi connectivity index (χ1n) is 5.76. The maximum atomic E-state index is 13.2. The lowest BCUT2D eigenvalue weighted by molar-refractivity contribution is -0.135. The van der Waals surface area contributed by atoms with Gasteiger partial charge in [-0.15, -0.1) is 0 Å². The van der Waals surface area contributed by atoms with E-state index < -0.39 is 40.8 Å². The van der Waals surface area contributed by atoms with Crippen LogP contribution < -0.4 is 4.74 Å². The molecule has 0 aliphatic rings. The number of hydrogen-bond donors (Lipinski definition) is 0. The number of benzene rings is 1. The molecular formula is C13H13F5O2. The highest BCUT2D eigenvalue weighted by molar-refractivity contribution is 5.72. The van der Waals surface area contributed by atoms with Crippen LogP contribution in [0.4, 0.5) is 22.0 Å². The predicted molar refractivity (Wildman–Crippen MR) is 60.6 cm³/mol. The maximum Gasteiger partial charge on any atom is 0.311 e. The summed E-state index contributed by atoms with van der Waals surface area (Å²) in [4.78, 5) is 11.4. The van der Waals surface area contributed by atoms with Gasteiger partial charge in [-0.1, -0.05) is 20.8 Å². The lowest BCUT2D eigenvalue weighted by Crippen LogP contribution is -2.16. The molecule has 0 fully saturated rings. The van der Waals surface area contributed by atoms with Gasteiger partial charge in [0.1, 0.15) is 0 Å². The van der Waals surface area contributed by atoms with E-state index in [0.717, 1.165) is 0 Å². The highest BCUT2D eigenvalue weighted by Crippen LogP contribution is 2.30. The summed E-state index contributed by atoms with van der Waals surface area (Å²) in [6, 6.07) is 0. The van der Waals surface area contributed by atoms with Crippen molar-refractivity contribution in [1.29, 1.82) is 0 Å². The van der Waals surface area contributed by atoms with Gasteiger partial charge in [-0.3, -0.25) is 4.79 Å². The molecule has 112 valence electrons. The molecule has 0 radical (unpaired) electrons. The summed E-state index contributed by atoms with van der Waals surface area (Å²) in [5.41, 5.74) is -0.241. The van der Waals surface area contributed by atoms with Crippen LogP contribution in [0.5, 0.6) is 5.75 Å². The average molecular weight is 296 g/mol. The Hall–Kier alpha value is -1.66. The number of esters is 1. The Bertz CT molecular complexity index is 506. The quantitative estimate of drug-likeness (QED) is 0.276. The second kappa shape index (κ2) is 5.76. The fraction of sp³-hybridized carbons (Fsp3) is 0.462. The van der Waals surface area contributed by atoms with Crippen molar-refractivity contribution in [2.45, 2.75) is 33.6 Å². The Labute approximate surface area is 112 Å². The minimum absolute atomic E-state index is 0.205. The van der Waals surface area contributed by atoms with Gasteiger partial charge in [0.15, 0.2) is 0 Å². The maximum absolute atomic E-state index is 13.2. The number of hydrogen-bond acceptors (Lipinski definition) is 2. The molecule has 0 atom stereocenters. The van der Waals surface area contributed by atoms with Gasteiger partial charge < -0.3 is 4.74 Å². The lowest BCUT2D eigenvalue weighted by Gasteiger charge is -2.17. The zero-order valence-corrected chi connectivity index (χ0v) is 11.1. The highest BCUT2D eigenvalue weighted by Gasteiger charge is 2.28. The first-order chi connectivity index (χ1) is 9.04. The van der Waals surface area contributed by atoms with Crippen molar-refractivity contribution in [1.82, 2.24) is 0 Å². The van der Waals surface area contributed by atoms with Crippen molar-refractivity contribution >= 4 is 5.97 Å². The normalized spacial score (nSPS) is 11.6. The molecule has 0 aliphatic heterocycles. The lowest BCUT2D eigenvalue weighted by atomic mass is 9.91. The summed E-state index contributed by atoms with van der Waals surface area (Å²) in [5, 5.41) is 0. The van der Waals surface area contributed by atoms with Gasteiger partial charge >= 0.3 is 5.97 Å². The Morgan fingerprint density at radius 2 is 1.30 bits per heavy atom. The molecule has 20 heavy (non-hydrogen) atoms. The average Bonchev–Trinajstić information content (AvgIpc) is 2.36. The molecule has 1 aromatic rings. The van der Waals surface area contributed by atoms with Gasteiger partial charge in [0.2, 0.25) is 34.8 Å². The fourth-order valence-corrected chi connectivity index (χ4v) is 1.32. The van der Waals surface area contributed by atoms with Crippen LogP contribution in [0.25, 0.3) is 0 Å². The van der Waals surface area contributed by atoms with Crippen LogP contribution in [0.1, 0.15) is 33.6 Å². The zero-order valence-electron chi connectivity index (χ0n) is 11.1. The molecule has 7 heteroatoms. The van der Waals surface area contributed by atoms with Crippen LogP contribution in [-0.4, -0.2) is 5.97 Å². The van der Waals surface area contributed by atoms with Crippen molar-refractivity contribution in [2.75, 3.05) is 0 Å². The zero-order chi connectivity index (χ0) is 15.7. The second-order valence-corrected chi connectivity index (χ2v) is 5.43. The van der Waals surface area contributed by atoms with Gasteiger partial charge in [-0.25, -0.2) is 13.2 Å². The Morgan fingerprint density at radius 3 is 1.70 bits per heavy atom. The van der Waals surface area contributed by atoms with E-state index in [-0.39, 0.29) is 11.8 Å². The van der Waals surface area contributed by atoms with Crippen LogP contribution in [0.3, 0.4) is 0 Å². The van der Waals surface area contributed by atoms with Gasteiger partial charge in [0, 0.05) is 6.42 Å². The third-order valence-corrected chi connectivity index (χ3v) is 2.46. The summed E-state index contributed by atoms with van der Waals surface area (Å²) in [6.07, 6.45) is 0.129. The van der Waals surface area contributed by atoms with Crippen LogP contribution >= 0.6 is 0 Å². The molecule has 2 nitrogen and oxygen atoms in total. The molecule has 0 spiro atoms. The van der Waals surface area contributed by atoms with E-state index in [1.807, 2.05) is 20.8 Å². The molecular weight excluding hydrogens is 283 g/mol. The van der Waals surface area contributed by atoms with Crippen molar-refractivity contribution in [3.63, 3.8) is 0 Å². The van der Waals surface area contributed by atoms with Gasteiger partial charge in [-0.05, 0) is 11.8 Å². The molecule has 0 aromatic heterocycles. The SMILES string of the molecule is CC(C)(C)CCC(=O)Oc1c(F)c(F)c(F)c(F)c1F. The third kappa shape index (κ3) is 3.68. The van der Waals surface area contributed by atoms with Crippen molar-refractivity contribution < 1.29 is 31.5 Å². The summed E-state index contributed by atoms with van der Waals surface area (Å²) in [7, 11) is 0. The van der Waals surface area contributed by atoms with Crippen molar-refractivity contribution in [3.05, 3.63) is 29.1 Å². The number of carbonyl (C=O) groups is 1. The Balaban J connectivity index is 2.96. The van der Waals surface area contributed by atoms with E-state index in [9.17, 15) is 26.7 Å². The minimum atomic E-state index is -2.30. The molecule has 0 aliphatic carbocycles. The van der Waals surface area contributed by atoms with E-state index in [1.165, 1.54) is 0 Å². The van der Waals surface area contributed by atoms with Gasteiger partial charge in [0.25, 0.3) is 0 Å². The smallest absolute Gasteiger partial charge is 0.311 e. The van der Waals surface area contributed by atoms with E-state index in [4.69, 9.17) is 0 Å². The predicted octanol–water partition coefficient (Wildman–Crippen LogP) is 4.11. The third-order valence-electron chi connectivity index (χ3n) is 2.46. The minimum Gasteiger partial charge on any atom is -0.420 e. The topological polar surface area (TPSA) is 26.3 Å². The van der Waals surface area contributed by atoms with Crippen molar-refractivity contribution in [3.8, 4) is 5.75 Å². The second-order valence-electron chi connectivity index (χ2n) is 5.43. The highest BCUT2D eigenvalue weighted by atomic mass is 19.2. The molecule has 1 rings (SSSR count). The molecule has 1 aromatic carbocycles. The number of carbonyl (C=O) groups excluding carboxylic acids is 1. The number of rotatable bonds is 3. The van der Waals surface area contributed by atoms with Crippen molar-refractivity contribution in [2.24, 2.45) is 5.41 Å². The van der Waals surface area contributed by atoms with Gasteiger partial charge in [0.05, 0.1) is 0 Å².